The molecule has 1 fully saturated rings. The molecule has 6 nitrogen and oxygen atoms in total. The first-order chi connectivity index (χ1) is 18.2. The van der Waals surface area contributed by atoms with E-state index in [9.17, 15) is 9.59 Å². The van der Waals surface area contributed by atoms with Crippen molar-refractivity contribution in [1.29, 1.82) is 0 Å². The number of nitrogens with zero attached hydrogens (tertiary/aromatic N) is 2. The number of halogens is 3. The quantitative estimate of drug-likeness (QED) is 0.148. The molecule has 1 aromatic heterocycles. The second-order valence-electron chi connectivity index (χ2n) is 9.04. The minimum atomic E-state index is -1.98. The average molecular weight is 590 g/mol. The lowest BCUT2D eigenvalue weighted by Gasteiger charge is -2.34. The number of thiocarbonyl (C=S) groups is 1. The Morgan fingerprint density at radius 1 is 0.974 bits per heavy atom. The number of hydrogen-bond acceptors (Lipinski definition) is 4. The number of carbonyl (C=O) groups excluding carboxylic acids is 2. The van der Waals surface area contributed by atoms with Crippen LogP contribution in [0, 0.1) is 5.92 Å². The summed E-state index contributed by atoms with van der Waals surface area (Å²) in [6.07, 6.45) is 7.99. The topological polar surface area (TPSA) is 74.3 Å². The Balaban J connectivity index is 1.62. The van der Waals surface area contributed by atoms with Gasteiger partial charge < -0.3 is 10.6 Å². The molecule has 2 amide bonds. The van der Waals surface area contributed by atoms with Gasteiger partial charge in [-0.05, 0) is 48.8 Å². The van der Waals surface area contributed by atoms with Gasteiger partial charge in [0.05, 0.1) is 11.2 Å². The van der Waals surface area contributed by atoms with E-state index in [0.717, 1.165) is 43.1 Å². The maximum Gasteiger partial charge on any atom is 0.245 e. The standard InChI is InChI=1S/C28H27Cl3N4O2S/c29-28(30,31)26(33-23(36)17-16-19-9-3-1-4-10-19)34-27(38)35(25(37)21-11-5-2-6-12-21)22-15-7-13-20-14-8-18-32-24(20)22/h1,3-4,7-10,13-18,21,26H,2,5-6,11-12H2,(H,33,36)(H,34,38)/b17-16+. The van der Waals surface area contributed by atoms with E-state index < -0.39 is 15.9 Å². The van der Waals surface area contributed by atoms with Crippen LogP contribution in [-0.4, -0.2) is 31.9 Å². The molecule has 1 saturated carbocycles. The van der Waals surface area contributed by atoms with E-state index in [-0.39, 0.29) is 16.9 Å². The highest BCUT2D eigenvalue weighted by Gasteiger charge is 2.37. The van der Waals surface area contributed by atoms with Crippen LogP contribution in [0.25, 0.3) is 17.0 Å². The Morgan fingerprint density at radius 2 is 1.68 bits per heavy atom. The van der Waals surface area contributed by atoms with Gasteiger partial charge in [-0.2, -0.15) is 0 Å². The Hall–Kier alpha value is -2.71. The van der Waals surface area contributed by atoms with Crippen molar-refractivity contribution in [3.05, 3.63) is 78.5 Å². The van der Waals surface area contributed by atoms with Crippen LogP contribution in [0.2, 0.25) is 0 Å². The highest BCUT2D eigenvalue weighted by atomic mass is 35.6. The molecule has 38 heavy (non-hydrogen) atoms. The lowest BCUT2D eigenvalue weighted by atomic mass is 9.88. The largest absolute Gasteiger partial charge is 0.338 e. The summed E-state index contributed by atoms with van der Waals surface area (Å²) in [6, 6.07) is 18.6. The first-order valence-corrected chi connectivity index (χ1v) is 13.9. The van der Waals surface area contributed by atoms with E-state index in [1.165, 1.54) is 11.0 Å². The summed E-state index contributed by atoms with van der Waals surface area (Å²) >= 11 is 24.4. The molecule has 1 unspecified atom stereocenters. The average Bonchev–Trinajstić information content (AvgIpc) is 2.92. The van der Waals surface area contributed by atoms with Gasteiger partial charge in [0.2, 0.25) is 15.6 Å². The maximum absolute atomic E-state index is 13.9. The van der Waals surface area contributed by atoms with Crippen LogP contribution in [0.15, 0.2) is 72.9 Å². The van der Waals surface area contributed by atoms with Crippen molar-refractivity contribution in [2.24, 2.45) is 5.92 Å². The predicted octanol–water partition coefficient (Wildman–Crippen LogP) is 6.55. The monoisotopic (exact) mass is 588 g/mol. The lowest BCUT2D eigenvalue weighted by molar-refractivity contribution is -0.122. The van der Waals surface area contributed by atoms with Crippen LogP contribution in [0.3, 0.4) is 0 Å². The number of anilines is 1. The number of aromatic nitrogens is 1. The minimum Gasteiger partial charge on any atom is -0.338 e. The van der Waals surface area contributed by atoms with E-state index in [1.807, 2.05) is 54.6 Å². The molecular formula is C28H27Cl3N4O2S. The third kappa shape index (κ3) is 7.23. The number of pyridine rings is 1. The van der Waals surface area contributed by atoms with Gasteiger partial charge in [-0.15, -0.1) is 0 Å². The van der Waals surface area contributed by atoms with Gasteiger partial charge in [0, 0.05) is 23.6 Å². The number of amides is 2. The Morgan fingerprint density at radius 3 is 2.39 bits per heavy atom. The minimum absolute atomic E-state index is 0.00221. The fourth-order valence-electron chi connectivity index (χ4n) is 4.44. The SMILES string of the molecule is O=C(/C=C/c1ccccc1)NC(NC(=S)N(C(=O)C1CCCCC1)c1cccc2cccnc12)C(Cl)(Cl)Cl. The number of para-hydroxylation sites is 1. The summed E-state index contributed by atoms with van der Waals surface area (Å²) in [5.74, 6) is -0.853. The molecule has 0 aliphatic heterocycles. The number of hydrogen-bond donors (Lipinski definition) is 2. The van der Waals surface area contributed by atoms with Gasteiger partial charge >= 0.3 is 0 Å². The molecule has 0 saturated heterocycles. The zero-order valence-corrected chi connectivity index (χ0v) is 23.5. The molecular weight excluding hydrogens is 563 g/mol. The van der Waals surface area contributed by atoms with E-state index >= 15 is 0 Å². The normalized spacial score (nSPS) is 15.2. The molecule has 2 N–H and O–H groups in total. The van der Waals surface area contributed by atoms with E-state index in [2.05, 4.69) is 15.6 Å². The third-order valence-electron chi connectivity index (χ3n) is 6.34. The number of benzene rings is 2. The van der Waals surface area contributed by atoms with Crippen molar-refractivity contribution >= 4 is 86.6 Å². The maximum atomic E-state index is 13.9. The lowest BCUT2D eigenvalue weighted by Crippen LogP contribution is -2.59. The van der Waals surface area contributed by atoms with Crippen molar-refractivity contribution in [3.63, 3.8) is 0 Å². The summed E-state index contributed by atoms with van der Waals surface area (Å²) in [7, 11) is 0. The van der Waals surface area contributed by atoms with Gasteiger partial charge in [-0.1, -0.05) is 103 Å². The first kappa shape index (κ1) is 28.3. The van der Waals surface area contributed by atoms with Gasteiger partial charge in [0.1, 0.15) is 6.17 Å². The summed E-state index contributed by atoms with van der Waals surface area (Å²) < 4.78 is -1.98. The Bertz CT molecular complexity index is 1320. The summed E-state index contributed by atoms with van der Waals surface area (Å²) in [5.41, 5.74) is 1.97. The van der Waals surface area contributed by atoms with Crippen LogP contribution in [0.5, 0.6) is 0 Å². The molecule has 1 heterocycles. The van der Waals surface area contributed by atoms with Crippen LogP contribution in [-0.2, 0) is 9.59 Å². The first-order valence-electron chi connectivity index (χ1n) is 12.3. The highest BCUT2D eigenvalue weighted by Crippen LogP contribution is 2.33. The van der Waals surface area contributed by atoms with Crippen LogP contribution < -0.4 is 15.5 Å². The molecule has 0 radical (unpaired) electrons. The molecule has 1 aliphatic carbocycles. The van der Waals surface area contributed by atoms with Crippen LogP contribution in [0.4, 0.5) is 5.69 Å². The molecule has 198 valence electrons. The van der Waals surface area contributed by atoms with Gasteiger partial charge in [0.15, 0.2) is 5.11 Å². The summed E-state index contributed by atoms with van der Waals surface area (Å²) in [4.78, 5) is 32.5. The van der Waals surface area contributed by atoms with Gasteiger partial charge in [0.25, 0.3) is 0 Å². The van der Waals surface area contributed by atoms with Crippen molar-refractivity contribution in [2.75, 3.05) is 4.90 Å². The molecule has 1 atom stereocenters. The van der Waals surface area contributed by atoms with Crippen molar-refractivity contribution in [1.82, 2.24) is 15.6 Å². The molecule has 3 aromatic rings. The van der Waals surface area contributed by atoms with Crippen molar-refractivity contribution in [2.45, 2.75) is 42.1 Å². The second-order valence-corrected chi connectivity index (χ2v) is 11.8. The van der Waals surface area contributed by atoms with E-state index in [1.54, 1.807) is 18.3 Å². The van der Waals surface area contributed by atoms with Gasteiger partial charge in [-0.3, -0.25) is 19.5 Å². The molecule has 10 heteroatoms. The van der Waals surface area contributed by atoms with Crippen LogP contribution >= 0.6 is 47.0 Å². The number of fused-ring (bicyclic) bond motifs is 1. The van der Waals surface area contributed by atoms with Gasteiger partial charge in [-0.25, -0.2) is 0 Å². The smallest absolute Gasteiger partial charge is 0.245 e. The molecule has 1 aliphatic rings. The third-order valence-corrected chi connectivity index (χ3v) is 7.29. The zero-order valence-electron chi connectivity index (χ0n) is 20.4. The van der Waals surface area contributed by atoms with Crippen LogP contribution in [0.1, 0.15) is 37.7 Å². The van der Waals surface area contributed by atoms with E-state index in [4.69, 9.17) is 47.0 Å². The fourth-order valence-corrected chi connectivity index (χ4v) is 5.08. The molecule has 4 rings (SSSR count). The molecule has 2 aromatic carbocycles. The Kier molecular flexibility index (Phi) is 9.60. The predicted molar refractivity (Wildman–Crippen MR) is 159 cm³/mol. The second kappa shape index (κ2) is 12.9. The van der Waals surface area contributed by atoms with Crippen molar-refractivity contribution < 1.29 is 9.59 Å². The molecule has 0 spiro atoms. The number of rotatable bonds is 6. The number of carbonyl (C=O) groups is 2. The van der Waals surface area contributed by atoms with E-state index in [0.29, 0.717) is 11.2 Å². The molecule has 0 bridgehead atoms. The summed E-state index contributed by atoms with van der Waals surface area (Å²) in [5, 5.41) is 6.42. The summed E-state index contributed by atoms with van der Waals surface area (Å²) in [6.45, 7) is 0. The zero-order chi connectivity index (χ0) is 27.1. The van der Waals surface area contributed by atoms with Crippen molar-refractivity contribution in [3.8, 4) is 0 Å². The Labute approximate surface area is 242 Å². The number of alkyl halides is 3. The fraction of sp³-hybridized carbons (Fsp3) is 0.286. The number of nitrogens with one attached hydrogen (secondary N) is 2. The highest BCUT2D eigenvalue weighted by molar-refractivity contribution is 7.80.